The number of nitrogens with two attached hydrogens (primary N) is 1. The van der Waals surface area contributed by atoms with Crippen LogP contribution in [0, 0.1) is 14.9 Å². The summed E-state index contributed by atoms with van der Waals surface area (Å²) in [5, 5.41) is 9.93. The Morgan fingerprint density at radius 3 is 2.64 bits per heavy atom. The highest BCUT2D eigenvalue weighted by molar-refractivity contribution is 14.1. The number of esters is 1. The van der Waals surface area contributed by atoms with Crippen LogP contribution < -0.4 is 20.5 Å². The number of carbonyl (C=O) groups excluding carboxylic acids is 1. The Kier molecular flexibility index (Phi) is 7.06. The fourth-order valence-electron chi connectivity index (χ4n) is 3.66. The van der Waals surface area contributed by atoms with Gasteiger partial charge in [0.1, 0.15) is 10.5 Å². The summed E-state index contributed by atoms with van der Waals surface area (Å²) in [5.41, 5.74) is 8.33. The highest BCUT2D eigenvalue weighted by Crippen LogP contribution is 2.40. The summed E-state index contributed by atoms with van der Waals surface area (Å²) < 4.78 is 9.50. The van der Waals surface area contributed by atoms with Crippen LogP contribution in [0.15, 0.2) is 58.9 Å². The minimum Gasteiger partial charge on any atom is -0.462 e. The second kappa shape index (κ2) is 9.82. The summed E-state index contributed by atoms with van der Waals surface area (Å²) in [7, 11) is 0. The van der Waals surface area contributed by atoms with E-state index in [4.69, 9.17) is 10.5 Å². The molecule has 6 nitrogen and oxygen atoms in total. The fraction of sp³-hybridized carbons (Fsp3) is 0.125. The number of nitriles is 1. The zero-order valence-corrected chi connectivity index (χ0v) is 22.5. The summed E-state index contributed by atoms with van der Waals surface area (Å²) in [4.78, 5) is 25.7. The lowest BCUT2D eigenvalue weighted by Gasteiger charge is -2.23. The highest BCUT2D eigenvalue weighted by atomic mass is 127. The number of carbonyl (C=O) groups is 1. The van der Waals surface area contributed by atoms with Crippen LogP contribution in [0.3, 0.4) is 0 Å². The largest absolute Gasteiger partial charge is 0.462 e. The Balaban J connectivity index is 1.99. The number of aromatic nitrogens is 1. The standard InChI is InChI=1S/C24H17I2N3O3S/c1-2-32-24(31)14-8-4-3-7-13(14)11-18-22(30)29-21(28)16(12-27)19(20(26)23(29)33-18)15-9-5-6-10-17(15)25/h3-11,19H,2,28H2,1H3. The molecule has 1 aliphatic heterocycles. The van der Waals surface area contributed by atoms with Crippen molar-refractivity contribution in [2.45, 2.75) is 12.8 Å². The molecule has 0 bridgehead atoms. The van der Waals surface area contributed by atoms with Crippen LogP contribution in [0.5, 0.6) is 0 Å². The van der Waals surface area contributed by atoms with Crippen molar-refractivity contribution in [2.24, 2.45) is 5.73 Å². The summed E-state index contributed by atoms with van der Waals surface area (Å²) >= 11 is 5.74. The zero-order valence-electron chi connectivity index (χ0n) is 17.3. The molecule has 33 heavy (non-hydrogen) atoms. The molecule has 1 aliphatic rings. The third kappa shape index (κ3) is 4.27. The second-order valence-electron chi connectivity index (χ2n) is 7.08. The molecule has 4 rings (SSSR count). The quantitative estimate of drug-likeness (QED) is 0.336. The summed E-state index contributed by atoms with van der Waals surface area (Å²) in [5.74, 6) is -0.657. The minimum atomic E-state index is -0.447. The Hall–Kier alpha value is -2.43. The normalized spacial score (nSPS) is 15.9. The molecule has 9 heteroatoms. The number of allylic oxidation sites excluding steroid dienone is 1. The van der Waals surface area contributed by atoms with Crippen molar-refractivity contribution in [3.63, 3.8) is 0 Å². The summed E-state index contributed by atoms with van der Waals surface area (Å²) in [6, 6.07) is 17.0. The fourth-order valence-corrected chi connectivity index (χ4v) is 6.64. The van der Waals surface area contributed by atoms with E-state index in [2.05, 4.69) is 51.3 Å². The first kappa shape index (κ1) is 23.7. The van der Waals surface area contributed by atoms with Gasteiger partial charge in [-0.15, -0.1) is 11.3 Å². The van der Waals surface area contributed by atoms with E-state index in [9.17, 15) is 14.9 Å². The molecular weight excluding hydrogens is 664 g/mol. The molecule has 2 N–H and O–H groups in total. The van der Waals surface area contributed by atoms with E-state index in [1.807, 2.05) is 24.3 Å². The number of halogens is 2. The van der Waals surface area contributed by atoms with Gasteiger partial charge in [0.05, 0.1) is 34.3 Å². The van der Waals surface area contributed by atoms with Crippen molar-refractivity contribution < 1.29 is 9.53 Å². The number of nitrogens with zero attached hydrogens (tertiary/aromatic N) is 2. The SMILES string of the molecule is CCOC(=O)c1ccccc1C=c1sc2n(c1=O)C(N)=C(C#N)C(c1ccccc1I)C=2I. The van der Waals surface area contributed by atoms with E-state index in [1.165, 1.54) is 15.9 Å². The van der Waals surface area contributed by atoms with Crippen LogP contribution in [0.1, 0.15) is 34.3 Å². The van der Waals surface area contributed by atoms with Crippen molar-refractivity contribution in [2.75, 3.05) is 6.61 Å². The van der Waals surface area contributed by atoms with Gasteiger partial charge in [-0.2, -0.15) is 5.26 Å². The van der Waals surface area contributed by atoms with Gasteiger partial charge in [0.25, 0.3) is 5.56 Å². The van der Waals surface area contributed by atoms with E-state index in [0.29, 0.717) is 25.9 Å². The first-order valence-electron chi connectivity index (χ1n) is 9.93. The maximum absolute atomic E-state index is 13.3. The summed E-state index contributed by atoms with van der Waals surface area (Å²) in [6.07, 6.45) is 1.68. The van der Waals surface area contributed by atoms with Crippen LogP contribution >= 0.6 is 56.5 Å². The summed E-state index contributed by atoms with van der Waals surface area (Å²) in [6.45, 7) is 2.00. The van der Waals surface area contributed by atoms with Gasteiger partial charge in [0.15, 0.2) is 0 Å². The molecule has 1 atom stereocenters. The van der Waals surface area contributed by atoms with Crippen LogP contribution in [0.4, 0.5) is 0 Å². The highest BCUT2D eigenvalue weighted by Gasteiger charge is 2.31. The first-order chi connectivity index (χ1) is 15.9. The monoisotopic (exact) mass is 681 g/mol. The number of hydrogen-bond donors (Lipinski definition) is 1. The van der Waals surface area contributed by atoms with Gasteiger partial charge in [0, 0.05) is 7.15 Å². The van der Waals surface area contributed by atoms with E-state index >= 15 is 0 Å². The maximum atomic E-state index is 13.3. The Bertz CT molecular complexity index is 1530. The molecule has 2 aromatic carbocycles. The Morgan fingerprint density at radius 2 is 1.94 bits per heavy atom. The van der Waals surface area contributed by atoms with Crippen LogP contribution in [-0.4, -0.2) is 17.1 Å². The van der Waals surface area contributed by atoms with E-state index in [-0.39, 0.29) is 23.9 Å². The van der Waals surface area contributed by atoms with Crippen molar-refractivity contribution in [3.05, 3.63) is 93.9 Å². The predicted molar refractivity (Wildman–Crippen MR) is 146 cm³/mol. The van der Waals surface area contributed by atoms with Gasteiger partial charge in [-0.1, -0.05) is 36.4 Å². The lowest BCUT2D eigenvalue weighted by atomic mass is 9.90. The lowest BCUT2D eigenvalue weighted by molar-refractivity contribution is 0.0526. The third-order valence-corrected chi connectivity index (χ3v) is 8.76. The average molecular weight is 681 g/mol. The minimum absolute atomic E-state index is 0.136. The van der Waals surface area contributed by atoms with Gasteiger partial charge in [-0.3, -0.25) is 9.36 Å². The van der Waals surface area contributed by atoms with Gasteiger partial charge >= 0.3 is 5.97 Å². The molecule has 3 aromatic rings. The van der Waals surface area contributed by atoms with Crippen molar-refractivity contribution >= 4 is 78.0 Å². The van der Waals surface area contributed by atoms with Gasteiger partial charge in [-0.25, -0.2) is 4.79 Å². The average Bonchev–Trinajstić information content (AvgIpc) is 3.13. The molecule has 0 amide bonds. The first-order valence-corrected chi connectivity index (χ1v) is 12.9. The van der Waals surface area contributed by atoms with Crippen LogP contribution in [-0.2, 0) is 4.74 Å². The van der Waals surface area contributed by atoms with E-state index < -0.39 is 5.97 Å². The predicted octanol–water partition coefficient (Wildman–Crippen LogP) is 3.51. The molecule has 0 fully saturated rings. The molecule has 0 aliphatic carbocycles. The lowest BCUT2D eigenvalue weighted by Crippen LogP contribution is -2.37. The number of benzene rings is 2. The van der Waals surface area contributed by atoms with Crippen LogP contribution in [0.2, 0.25) is 0 Å². The maximum Gasteiger partial charge on any atom is 0.338 e. The van der Waals surface area contributed by atoms with Crippen molar-refractivity contribution in [1.82, 2.24) is 4.57 Å². The molecule has 0 saturated heterocycles. The molecule has 0 saturated carbocycles. The van der Waals surface area contributed by atoms with E-state index in [0.717, 1.165) is 12.7 Å². The number of hydrogen-bond acceptors (Lipinski definition) is 6. The topological polar surface area (TPSA) is 98.1 Å². The van der Waals surface area contributed by atoms with E-state index in [1.54, 1.807) is 37.3 Å². The molecule has 1 aromatic heterocycles. The number of thiazole rings is 1. The molecule has 1 unspecified atom stereocenters. The number of ether oxygens (including phenoxy) is 1. The smallest absolute Gasteiger partial charge is 0.338 e. The molecular formula is C24H17I2N3O3S. The molecule has 0 spiro atoms. The Labute approximate surface area is 221 Å². The van der Waals surface area contributed by atoms with Crippen molar-refractivity contribution in [3.8, 4) is 6.07 Å². The van der Waals surface area contributed by atoms with Gasteiger partial charge in [0.2, 0.25) is 0 Å². The second-order valence-corrected chi connectivity index (χ2v) is 10.4. The third-order valence-electron chi connectivity index (χ3n) is 5.17. The van der Waals surface area contributed by atoms with Crippen molar-refractivity contribution in [1.29, 1.82) is 5.26 Å². The van der Waals surface area contributed by atoms with Gasteiger partial charge < -0.3 is 10.5 Å². The Morgan fingerprint density at radius 1 is 1.24 bits per heavy atom. The van der Waals surface area contributed by atoms with Crippen LogP contribution in [0.25, 0.3) is 15.5 Å². The molecule has 2 heterocycles. The number of fused-ring (bicyclic) bond motifs is 1. The molecule has 166 valence electrons. The number of rotatable bonds is 4. The molecule has 0 radical (unpaired) electrons. The van der Waals surface area contributed by atoms with Gasteiger partial charge in [-0.05, 0) is 81.4 Å². The zero-order chi connectivity index (χ0) is 23.7.